The van der Waals surface area contributed by atoms with E-state index in [4.69, 9.17) is 27.4 Å². The molecule has 0 aromatic heterocycles. The summed E-state index contributed by atoms with van der Waals surface area (Å²) in [7, 11) is -4.29. The number of nitrogens with zero attached hydrogens (tertiary/aromatic N) is 2. The van der Waals surface area contributed by atoms with Crippen LogP contribution in [0.25, 0.3) is 0 Å². The number of halogens is 3. The number of rotatable bonds is 11. The fourth-order valence-electron chi connectivity index (χ4n) is 4.01. The van der Waals surface area contributed by atoms with Gasteiger partial charge in [-0.25, -0.2) is 4.39 Å². The van der Waals surface area contributed by atoms with Gasteiger partial charge in [-0.1, -0.05) is 55.2 Å². The molecule has 0 bridgehead atoms. The summed E-state index contributed by atoms with van der Waals surface area (Å²) >= 11 is 12.0. The van der Waals surface area contributed by atoms with Crippen molar-refractivity contribution in [1.82, 2.24) is 4.90 Å². The highest BCUT2D eigenvalue weighted by Crippen LogP contribution is 2.32. The van der Waals surface area contributed by atoms with Crippen molar-refractivity contribution in [1.29, 1.82) is 0 Å². The van der Waals surface area contributed by atoms with E-state index in [2.05, 4.69) is 0 Å². The first-order chi connectivity index (χ1) is 18.0. The van der Waals surface area contributed by atoms with Crippen molar-refractivity contribution in [3.8, 4) is 5.75 Å². The van der Waals surface area contributed by atoms with Crippen molar-refractivity contribution in [3.05, 3.63) is 87.7 Å². The predicted molar refractivity (Wildman–Crippen MR) is 150 cm³/mol. The Kier molecular flexibility index (Phi) is 10.0. The van der Waals surface area contributed by atoms with Gasteiger partial charge in [0.1, 0.15) is 16.5 Å². The normalized spacial score (nSPS) is 11.5. The van der Waals surface area contributed by atoms with E-state index in [1.807, 2.05) is 38.7 Å². The first-order valence-electron chi connectivity index (χ1n) is 12.3. The minimum Gasteiger partial charge on any atom is -0.379 e. The Hall–Kier alpha value is -2.81. The molecule has 0 radical (unpaired) electrons. The molecule has 3 aromatic rings. The maximum atomic E-state index is 14.5. The highest BCUT2D eigenvalue weighted by Gasteiger charge is 2.25. The van der Waals surface area contributed by atoms with Gasteiger partial charge in [0.2, 0.25) is 0 Å². The minimum atomic E-state index is -4.29. The lowest BCUT2D eigenvalue weighted by atomic mass is 10.1. The third-order valence-electron chi connectivity index (χ3n) is 5.90. The molecule has 0 aliphatic heterocycles. The third-order valence-corrected chi connectivity index (χ3v) is 7.87. The van der Waals surface area contributed by atoms with Crippen molar-refractivity contribution < 1.29 is 21.8 Å². The van der Waals surface area contributed by atoms with Crippen LogP contribution < -0.4 is 9.08 Å². The average molecular weight is 582 g/mol. The highest BCUT2D eigenvalue weighted by atomic mass is 35.5. The Labute approximate surface area is 234 Å². The van der Waals surface area contributed by atoms with Crippen molar-refractivity contribution in [3.63, 3.8) is 0 Å². The number of amides is 1. The molecule has 0 aliphatic rings. The number of anilines is 1. The Morgan fingerprint density at radius 2 is 1.66 bits per heavy atom. The van der Waals surface area contributed by atoms with Gasteiger partial charge in [0.15, 0.2) is 0 Å². The fraction of sp³-hybridized carbons (Fsp3) is 0.321. The Morgan fingerprint density at radius 1 is 0.974 bits per heavy atom. The molecular weight excluding hydrogens is 550 g/mol. The molecular formula is C28H31Cl2FN2O4S. The van der Waals surface area contributed by atoms with Gasteiger partial charge in [0.05, 0.1) is 15.6 Å². The number of hydrogen-bond donors (Lipinski definition) is 0. The molecule has 0 atom stereocenters. The number of carbonyl (C=O) groups excluding carboxylic acids is 1. The van der Waals surface area contributed by atoms with Gasteiger partial charge in [-0.3, -0.25) is 4.79 Å². The van der Waals surface area contributed by atoms with E-state index in [0.29, 0.717) is 25.2 Å². The van der Waals surface area contributed by atoms with Crippen LogP contribution in [0, 0.1) is 11.7 Å². The molecule has 6 nitrogen and oxygen atoms in total. The molecule has 0 fully saturated rings. The molecule has 0 saturated carbocycles. The highest BCUT2D eigenvalue weighted by molar-refractivity contribution is 7.87. The van der Waals surface area contributed by atoms with E-state index in [-0.39, 0.29) is 38.7 Å². The van der Waals surface area contributed by atoms with Gasteiger partial charge >= 0.3 is 10.1 Å². The van der Waals surface area contributed by atoms with Crippen LogP contribution in [0.2, 0.25) is 10.0 Å². The first-order valence-corrected chi connectivity index (χ1v) is 14.4. The van der Waals surface area contributed by atoms with Crippen molar-refractivity contribution >= 4 is 44.9 Å². The largest absolute Gasteiger partial charge is 0.379 e. The Balaban J connectivity index is 2.06. The summed E-state index contributed by atoms with van der Waals surface area (Å²) in [5, 5.41) is 0.290. The quantitative estimate of drug-likeness (QED) is 0.227. The molecule has 0 N–H and O–H groups in total. The topological polar surface area (TPSA) is 66.9 Å². The zero-order valence-corrected chi connectivity index (χ0v) is 24.1. The van der Waals surface area contributed by atoms with Gasteiger partial charge < -0.3 is 14.0 Å². The number of hydrogen-bond acceptors (Lipinski definition) is 5. The van der Waals surface area contributed by atoms with Crippen LogP contribution in [0.15, 0.2) is 65.6 Å². The summed E-state index contributed by atoms with van der Waals surface area (Å²) in [5.74, 6) is -0.981. The number of carbonyl (C=O) groups is 1. The van der Waals surface area contributed by atoms with Crippen molar-refractivity contribution in [2.75, 3.05) is 24.5 Å². The van der Waals surface area contributed by atoms with Gasteiger partial charge in [0.25, 0.3) is 5.91 Å². The summed E-state index contributed by atoms with van der Waals surface area (Å²) < 4.78 is 46.6. The molecule has 0 spiro atoms. The smallest absolute Gasteiger partial charge is 0.339 e. The third kappa shape index (κ3) is 7.18. The summed E-state index contributed by atoms with van der Waals surface area (Å²) in [6.07, 6.45) is 0. The summed E-state index contributed by atoms with van der Waals surface area (Å²) in [6.45, 7) is 9.58. The predicted octanol–water partition coefficient (Wildman–Crippen LogP) is 7.04. The van der Waals surface area contributed by atoms with Gasteiger partial charge in [0, 0.05) is 43.5 Å². The Bertz CT molecular complexity index is 1400. The standard InChI is InChI=1S/C28H31Cl2FN2O4S/c1-5-32(6-2)21-12-11-20(18-33(17-19(3)4)28(34)23-9-7-8-10-26(23)31)27(15-21)37-38(35,36)22-13-14-24(29)25(30)16-22/h7-16,19H,5-6,17-18H2,1-4H3. The van der Waals surface area contributed by atoms with Gasteiger partial charge in [-0.05, 0) is 56.2 Å². The second kappa shape index (κ2) is 12.8. The average Bonchev–Trinajstić information content (AvgIpc) is 2.86. The first kappa shape index (κ1) is 29.7. The molecule has 3 aromatic carbocycles. The zero-order chi connectivity index (χ0) is 28.0. The van der Waals surface area contributed by atoms with Crippen LogP contribution in [0.3, 0.4) is 0 Å². The summed E-state index contributed by atoms with van der Waals surface area (Å²) in [4.78, 5) is 16.7. The van der Waals surface area contributed by atoms with E-state index in [1.165, 1.54) is 41.3 Å². The van der Waals surface area contributed by atoms with Crippen molar-refractivity contribution in [2.45, 2.75) is 39.1 Å². The molecule has 0 unspecified atom stereocenters. The minimum absolute atomic E-state index is 0.0100. The molecule has 204 valence electrons. The summed E-state index contributed by atoms with van der Waals surface area (Å²) in [5.41, 5.74) is 1.16. The molecule has 3 rings (SSSR count). The lowest BCUT2D eigenvalue weighted by Crippen LogP contribution is -2.34. The van der Waals surface area contributed by atoms with Crippen molar-refractivity contribution in [2.24, 2.45) is 5.92 Å². The van der Waals surface area contributed by atoms with Crippen LogP contribution in [0.4, 0.5) is 10.1 Å². The second-order valence-corrected chi connectivity index (χ2v) is 11.5. The maximum Gasteiger partial charge on any atom is 0.339 e. The molecule has 1 amide bonds. The summed E-state index contributed by atoms with van der Waals surface area (Å²) in [6, 6.07) is 14.9. The number of benzene rings is 3. The maximum absolute atomic E-state index is 14.5. The molecule has 0 aliphatic carbocycles. The van der Waals surface area contributed by atoms with Crippen LogP contribution >= 0.6 is 23.2 Å². The second-order valence-electron chi connectivity index (χ2n) is 9.14. The van der Waals surface area contributed by atoms with Crippen LogP contribution in [-0.2, 0) is 16.7 Å². The van der Waals surface area contributed by atoms with Crippen LogP contribution in [-0.4, -0.2) is 38.9 Å². The van der Waals surface area contributed by atoms with E-state index in [9.17, 15) is 17.6 Å². The van der Waals surface area contributed by atoms with E-state index in [1.54, 1.807) is 18.2 Å². The van der Waals surface area contributed by atoms with Gasteiger partial charge in [-0.2, -0.15) is 8.42 Å². The molecule has 38 heavy (non-hydrogen) atoms. The van der Waals surface area contributed by atoms with E-state index >= 15 is 0 Å². The lowest BCUT2D eigenvalue weighted by molar-refractivity contribution is 0.0717. The van der Waals surface area contributed by atoms with Gasteiger partial charge in [-0.15, -0.1) is 0 Å². The van der Waals surface area contributed by atoms with E-state index < -0.39 is 21.8 Å². The molecule has 10 heteroatoms. The monoisotopic (exact) mass is 580 g/mol. The lowest BCUT2D eigenvalue weighted by Gasteiger charge is -2.27. The van der Waals surface area contributed by atoms with E-state index in [0.717, 1.165) is 5.69 Å². The molecule has 0 saturated heterocycles. The SMILES string of the molecule is CCN(CC)c1ccc(CN(CC(C)C)C(=O)c2ccccc2F)c(OS(=O)(=O)c2ccc(Cl)c(Cl)c2)c1. The zero-order valence-electron chi connectivity index (χ0n) is 21.7. The molecule has 0 heterocycles. The Morgan fingerprint density at radius 3 is 2.26 bits per heavy atom. The van der Waals surface area contributed by atoms with Crippen LogP contribution in [0.5, 0.6) is 5.75 Å². The fourth-order valence-corrected chi connectivity index (χ4v) is 5.35. The van der Waals surface area contributed by atoms with Crippen LogP contribution in [0.1, 0.15) is 43.6 Å².